The monoisotopic (exact) mass is 346 g/mol. The summed E-state index contributed by atoms with van der Waals surface area (Å²) in [5.74, 6) is -0.792. The van der Waals surface area contributed by atoms with Crippen molar-refractivity contribution < 1.29 is 19.4 Å². The summed E-state index contributed by atoms with van der Waals surface area (Å²) in [6.45, 7) is 10.1. The van der Waals surface area contributed by atoms with Crippen molar-refractivity contribution in [2.45, 2.75) is 96.5 Å². The Balaban J connectivity index is 3.74. The van der Waals surface area contributed by atoms with E-state index in [0.29, 0.717) is 6.61 Å². The zero-order valence-corrected chi connectivity index (χ0v) is 16.7. The lowest BCUT2D eigenvalue weighted by atomic mass is 10.0. The van der Waals surface area contributed by atoms with Crippen LogP contribution in [0, 0.1) is 0 Å². The maximum absolute atomic E-state index is 10.9. The molecule has 0 saturated carbocycles. The van der Waals surface area contributed by atoms with Gasteiger partial charge in [-0.2, -0.15) is 0 Å². The van der Waals surface area contributed by atoms with Gasteiger partial charge in [0.15, 0.2) is 0 Å². The third-order valence-corrected chi connectivity index (χ3v) is 5.62. The number of carboxylic acids is 1. The average molecular weight is 347 g/mol. The smallest absolute Gasteiger partial charge is 0.305 e. The molecular weight excluding hydrogens is 308 g/mol. The molecule has 0 rings (SSSR count). The number of carboxylic acid groups (broad SMARTS) is 1. The van der Waals surface area contributed by atoms with Gasteiger partial charge in [0.05, 0.1) is 12.5 Å². The average Bonchev–Trinajstić information content (AvgIpc) is 2.43. The fourth-order valence-corrected chi connectivity index (χ4v) is 3.11. The van der Waals surface area contributed by atoms with Crippen LogP contribution < -0.4 is 0 Å². The highest BCUT2D eigenvalue weighted by Crippen LogP contribution is 2.14. The summed E-state index contributed by atoms with van der Waals surface area (Å²) in [4.78, 5) is 10.9. The van der Waals surface area contributed by atoms with E-state index in [2.05, 4.69) is 26.6 Å². The van der Waals surface area contributed by atoms with Crippen molar-refractivity contribution >= 4 is 14.0 Å². The molecule has 0 heterocycles. The normalized spacial score (nSPS) is 13.2. The number of ether oxygens (including phenoxy) is 2. The SMILES string of the molecule is CCCCCCCCC[C@H](CC(=O)O)OCOCC[Si](C)(C)C. The molecular formula is C18H38O4Si. The van der Waals surface area contributed by atoms with Crippen molar-refractivity contribution in [1.82, 2.24) is 0 Å². The second-order valence-electron chi connectivity index (χ2n) is 7.63. The van der Waals surface area contributed by atoms with E-state index in [4.69, 9.17) is 14.6 Å². The standard InChI is InChI=1S/C18H38O4Si/c1-5-6-7-8-9-10-11-12-17(15-18(19)20)22-16-21-13-14-23(2,3)4/h17H,5-16H2,1-4H3,(H,19,20)/t17-/m1/s1. The molecule has 0 bridgehead atoms. The second-order valence-corrected chi connectivity index (χ2v) is 13.3. The Hall–Kier alpha value is -0.393. The van der Waals surface area contributed by atoms with Crippen LogP contribution in [-0.2, 0) is 14.3 Å². The minimum Gasteiger partial charge on any atom is -0.481 e. The Morgan fingerprint density at radius 2 is 1.65 bits per heavy atom. The molecule has 23 heavy (non-hydrogen) atoms. The molecule has 1 atom stereocenters. The van der Waals surface area contributed by atoms with Crippen LogP contribution >= 0.6 is 0 Å². The van der Waals surface area contributed by atoms with Gasteiger partial charge in [-0.1, -0.05) is 71.5 Å². The highest BCUT2D eigenvalue weighted by molar-refractivity contribution is 6.76. The Morgan fingerprint density at radius 3 is 2.22 bits per heavy atom. The van der Waals surface area contributed by atoms with E-state index in [1.54, 1.807) is 0 Å². The zero-order chi connectivity index (χ0) is 17.6. The molecule has 0 aromatic rings. The van der Waals surface area contributed by atoms with Gasteiger partial charge in [0.1, 0.15) is 6.79 Å². The number of carbonyl (C=O) groups is 1. The van der Waals surface area contributed by atoms with Gasteiger partial charge in [0.2, 0.25) is 0 Å². The molecule has 4 nitrogen and oxygen atoms in total. The quantitative estimate of drug-likeness (QED) is 0.234. The van der Waals surface area contributed by atoms with Crippen LogP contribution in [0.3, 0.4) is 0 Å². The molecule has 1 N–H and O–H groups in total. The number of hydrogen-bond donors (Lipinski definition) is 1. The van der Waals surface area contributed by atoms with Gasteiger partial charge >= 0.3 is 5.97 Å². The molecule has 0 aromatic heterocycles. The van der Waals surface area contributed by atoms with Gasteiger partial charge in [0, 0.05) is 14.7 Å². The van der Waals surface area contributed by atoms with Crippen LogP contribution in [0.1, 0.15) is 64.7 Å². The van der Waals surface area contributed by atoms with Crippen LogP contribution in [-0.4, -0.2) is 38.7 Å². The molecule has 0 radical (unpaired) electrons. The summed E-state index contributed by atoms with van der Waals surface area (Å²) in [7, 11) is -1.08. The molecule has 0 aliphatic heterocycles. The number of unbranched alkanes of at least 4 members (excludes halogenated alkanes) is 6. The molecule has 5 heteroatoms. The largest absolute Gasteiger partial charge is 0.481 e. The summed E-state index contributed by atoms with van der Waals surface area (Å²) in [6.07, 6.45) is 9.32. The maximum atomic E-state index is 10.9. The molecule has 0 saturated heterocycles. The third-order valence-electron chi connectivity index (χ3n) is 3.92. The topological polar surface area (TPSA) is 55.8 Å². The summed E-state index contributed by atoms with van der Waals surface area (Å²) >= 11 is 0. The lowest BCUT2D eigenvalue weighted by Gasteiger charge is -2.18. The first kappa shape index (κ1) is 22.6. The molecule has 0 aliphatic carbocycles. The molecule has 0 aromatic carbocycles. The Bertz CT molecular complexity index is 289. The van der Waals surface area contributed by atoms with Gasteiger partial charge in [-0.05, 0) is 12.5 Å². The molecule has 138 valence electrons. The molecule has 0 fully saturated rings. The Morgan fingerprint density at radius 1 is 1.04 bits per heavy atom. The Labute approximate surface area is 144 Å². The lowest BCUT2D eigenvalue weighted by molar-refractivity contribution is -0.144. The van der Waals surface area contributed by atoms with Crippen molar-refractivity contribution in [3.05, 3.63) is 0 Å². The van der Waals surface area contributed by atoms with Gasteiger partial charge < -0.3 is 14.6 Å². The van der Waals surface area contributed by atoms with E-state index >= 15 is 0 Å². The van der Waals surface area contributed by atoms with Crippen LogP contribution in [0.15, 0.2) is 0 Å². The predicted octanol–water partition coefficient (Wildman–Crippen LogP) is 5.30. The van der Waals surface area contributed by atoms with Crippen molar-refractivity contribution in [2.75, 3.05) is 13.4 Å². The fraction of sp³-hybridized carbons (Fsp3) is 0.944. The van der Waals surface area contributed by atoms with Crippen molar-refractivity contribution in [3.63, 3.8) is 0 Å². The first-order valence-corrected chi connectivity index (χ1v) is 13.0. The molecule has 0 amide bonds. The zero-order valence-electron chi connectivity index (χ0n) is 15.7. The van der Waals surface area contributed by atoms with E-state index in [-0.39, 0.29) is 19.3 Å². The molecule has 0 aliphatic rings. The van der Waals surface area contributed by atoms with E-state index in [1.807, 2.05) is 0 Å². The summed E-state index contributed by atoms with van der Waals surface area (Å²) in [6, 6.07) is 1.11. The highest BCUT2D eigenvalue weighted by atomic mass is 28.3. The van der Waals surface area contributed by atoms with Crippen LogP contribution in [0.4, 0.5) is 0 Å². The summed E-state index contributed by atoms with van der Waals surface area (Å²) in [5.41, 5.74) is 0. The number of aliphatic carboxylic acids is 1. The first-order valence-electron chi connectivity index (χ1n) is 9.26. The lowest BCUT2D eigenvalue weighted by Crippen LogP contribution is -2.23. The molecule has 0 unspecified atom stereocenters. The second kappa shape index (κ2) is 14.0. The van der Waals surface area contributed by atoms with Crippen LogP contribution in [0.2, 0.25) is 25.7 Å². The third kappa shape index (κ3) is 17.8. The van der Waals surface area contributed by atoms with Gasteiger partial charge in [0.25, 0.3) is 0 Å². The maximum Gasteiger partial charge on any atom is 0.305 e. The van der Waals surface area contributed by atoms with Crippen LogP contribution in [0.5, 0.6) is 0 Å². The van der Waals surface area contributed by atoms with Gasteiger partial charge in [-0.15, -0.1) is 0 Å². The van der Waals surface area contributed by atoms with E-state index in [9.17, 15) is 4.79 Å². The Kier molecular flexibility index (Phi) is 13.8. The number of hydrogen-bond acceptors (Lipinski definition) is 3. The van der Waals surface area contributed by atoms with E-state index in [0.717, 1.165) is 18.9 Å². The van der Waals surface area contributed by atoms with Crippen molar-refractivity contribution in [2.24, 2.45) is 0 Å². The minimum atomic E-state index is -1.08. The summed E-state index contributed by atoms with van der Waals surface area (Å²) < 4.78 is 11.1. The minimum absolute atomic E-state index is 0.0766. The first-order chi connectivity index (χ1) is 10.8. The van der Waals surface area contributed by atoms with Crippen LogP contribution in [0.25, 0.3) is 0 Å². The van der Waals surface area contributed by atoms with E-state index in [1.165, 1.54) is 38.5 Å². The highest BCUT2D eigenvalue weighted by Gasteiger charge is 2.15. The van der Waals surface area contributed by atoms with Gasteiger partial charge in [-0.3, -0.25) is 4.79 Å². The number of rotatable bonds is 16. The van der Waals surface area contributed by atoms with Gasteiger partial charge in [-0.25, -0.2) is 0 Å². The predicted molar refractivity (Wildman–Crippen MR) is 98.7 cm³/mol. The molecule has 0 spiro atoms. The summed E-state index contributed by atoms with van der Waals surface area (Å²) in [5, 5.41) is 8.98. The van der Waals surface area contributed by atoms with E-state index < -0.39 is 14.0 Å². The van der Waals surface area contributed by atoms with Crippen molar-refractivity contribution in [1.29, 1.82) is 0 Å². The fourth-order valence-electron chi connectivity index (χ4n) is 2.35. The van der Waals surface area contributed by atoms with Crippen molar-refractivity contribution in [3.8, 4) is 0 Å².